The van der Waals surface area contributed by atoms with E-state index in [1.54, 1.807) is 0 Å². The van der Waals surface area contributed by atoms with Crippen molar-refractivity contribution < 1.29 is 19.1 Å². The zero-order chi connectivity index (χ0) is 22.0. The van der Waals surface area contributed by atoms with Crippen molar-refractivity contribution in [1.29, 1.82) is 0 Å². The lowest BCUT2D eigenvalue weighted by atomic mass is 9.83. The third-order valence-electron chi connectivity index (χ3n) is 5.19. The summed E-state index contributed by atoms with van der Waals surface area (Å²) in [5.41, 5.74) is 3.35. The Hall–Kier alpha value is -3.19. The van der Waals surface area contributed by atoms with Gasteiger partial charge < -0.3 is 9.47 Å². The van der Waals surface area contributed by atoms with Crippen molar-refractivity contribution in [2.45, 2.75) is 0 Å². The minimum absolute atomic E-state index is 0.202. The van der Waals surface area contributed by atoms with Crippen LogP contribution in [-0.4, -0.2) is 26.2 Å². The molecule has 0 heterocycles. The molecule has 0 saturated carbocycles. The summed E-state index contributed by atoms with van der Waals surface area (Å²) >= 11 is 2.23. The number of rotatable bonds is 4. The van der Waals surface area contributed by atoms with E-state index in [1.807, 2.05) is 78.9 Å². The predicted octanol–water partition coefficient (Wildman–Crippen LogP) is 6.35. The molecule has 4 nitrogen and oxygen atoms in total. The van der Waals surface area contributed by atoms with Crippen LogP contribution in [0.3, 0.4) is 0 Å². The molecule has 0 saturated heterocycles. The molecule has 5 heteroatoms. The summed E-state index contributed by atoms with van der Waals surface area (Å²) in [7, 11) is 2.64. The molecule has 0 radical (unpaired) electrons. The molecule has 0 aliphatic rings. The largest absolute Gasteiger partial charge is 0.465 e. The molecule has 0 atom stereocenters. The van der Waals surface area contributed by atoms with Gasteiger partial charge in [0.25, 0.3) is 0 Å². The van der Waals surface area contributed by atoms with Gasteiger partial charge in [-0.15, -0.1) is 0 Å². The Bertz CT molecular complexity index is 1280. The summed E-state index contributed by atoms with van der Waals surface area (Å²) in [5, 5.41) is 1.71. The SMILES string of the molecule is COC(=O)c1c(C(=O)OC)c(-c2ccc(I)cc2)c2ccccc2c1-c1ccccc1. The fourth-order valence-corrected chi connectivity index (χ4v) is 4.23. The van der Waals surface area contributed by atoms with Gasteiger partial charge in [-0.2, -0.15) is 0 Å². The normalized spacial score (nSPS) is 10.7. The Morgan fingerprint density at radius 2 is 1.03 bits per heavy atom. The summed E-state index contributed by atoms with van der Waals surface area (Å²) in [4.78, 5) is 26.2. The average Bonchev–Trinajstić information content (AvgIpc) is 2.82. The first kappa shape index (κ1) is 21.1. The molecule has 0 N–H and O–H groups in total. The number of methoxy groups -OCH3 is 2. The summed E-state index contributed by atoms with van der Waals surface area (Å²) < 4.78 is 11.4. The Balaban J connectivity index is 2.26. The number of fused-ring (bicyclic) bond motifs is 1. The van der Waals surface area contributed by atoms with Gasteiger partial charge in [0.05, 0.1) is 25.3 Å². The first-order valence-corrected chi connectivity index (χ1v) is 10.7. The lowest BCUT2D eigenvalue weighted by Crippen LogP contribution is -2.16. The Morgan fingerprint density at radius 3 is 1.48 bits per heavy atom. The third-order valence-corrected chi connectivity index (χ3v) is 5.91. The van der Waals surface area contributed by atoms with Crippen LogP contribution in [0.15, 0.2) is 78.9 Å². The van der Waals surface area contributed by atoms with Crippen LogP contribution >= 0.6 is 22.6 Å². The minimum Gasteiger partial charge on any atom is -0.465 e. The van der Waals surface area contributed by atoms with Gasteiger partial charge in [-0.3, -0.25) is 0 Å². The van der Waals surface area contributed by atoms with Gasteiger partial charge in [0.2, 0.25) is 0 Å². The van der Waals surface area contributed by atoms with Crippen LogP contribution in [0.1, 0.15) is 20.7 Å². The average molecular weight is 522 g/mol. The quantitative estimate of drug-likeness (QED) is 0.232. The van der Waals surface area contributed by atoms with Crippen molar-refractivity contribution in [3.63, 3.8) is 0 Å². The van der Waals surface area contributed by atoms with Crippen molar-refractivity contribution in [3.05, 3.63) is 93.6 Å². The van der Waals surface area contributed by atoms with Crippen molar-refractivity contribution in [2.75, 3.05) is 14.2 Å². The van der Waals surface area contributed by atoms with Gasteiger partial charge in [-0.05, 0) is 56.6 Å². The maximum absolute atomic E-state index is 13.1. The van der Waals surface area contributed by atoms with E-state index < -0.39 is 11.9 Å². The number of hydrogen-bond acceptors (Lipinski definition) is 4. The Kier molecular flexibility index (Phi) is 6.04. The first-order chi connectivity index (χ1) is 15.1. The molecule has 154 valence electrons. The smallest absolute Gasteiger partial charge is 0.339 e. The molecule has 0 aromatic heterocycles. The fourth-order valence-electron chi connectivity index (χ4n) is 3.87. The number of halogens is 1. The number of carbonyl (C=O) groups excluding carboxylic acids is 2. The summed E-state index contributed by atoms with van der Waals surface area (Å²) in [6.07, 6.45) is 0. The van der Waals surface area contributed by atoms with Crippen molar-refractivity contribution >= 4 is 45.3 Å². The molecule has 4 aromatic rings. The van der Waals surface area contributed by atoms with Crippen LogP contribution in [0.5, 0.6) is 0 Å². The standard InChI is InChI=1S/C26H19IO4/c1-30-25(28)23-21(16-8-4-3-5-9-16)19-10-6-7-11-20(19)22(24(23)26(29)31-2)17-12-14-18(27)15-13-17/h3-15H,1-2H3. The third kappa shape index (κ3) is 3.81. The molecular weight excluding hydrogens is 503 g/mol. The number of hydrogen-bond donors (Lipinski definition) is 0. The Labute approximate surface area is 193 Å². The molecule has 4 aromatic carbocycles. The summed E-state index contributed by atoms with van der Waals surface area (Å²) in [6, 6.07) is 25.1. The first-order valence-electron chi connectivity index (χ1n) is 9.63. The summed E-state index contributed by atoms with van der Waals surface area (Å²) in [5.74, 6) is -1.17. The fraction of sp³-hybridized carbons (Fsp3) is 0.0769. The van der Waals surface area contributed by atoms with Crippen LogP contribution < -0.4 is 0 Å². The van der Waals surface area contributed by atoms with Gasteiger partial charge in [-0.1, -0.05) is 66.7 Å². The molecular formula is C26H19IO4. The molecule has 0 unspecified atom stereocenters. The second-order valence-electron chi connectivity index (χ2n) is 6.90. The maximum Gasteiger partial charge on any atom is 0.339 e. The van der Waals surface area contributed by atoms with E-state index in [9.17, 15) is 9.59 Å². The lowest BCUT2D eigenvalue weighted by Gasteiger charge is -2.20. The van der Waals surface area contributed by atoms with Crippen LogP contribution in [0.2, 0.25) is 0 Å². The van der Waals surface area contributed by atoms with E-state index in [1.165, 1.54) is 14.2 Å². The second kappa shape index (κ2) is 8.89. The van der Waals surface area contributed by atoms with Gasteiger partial charge in [-0.25, -0.2) is 9.59 Å². The van der Waals surface area contributed by atoms with Gasteiger partial charge in [0.1, 0.15) is 0 Å². The van der Waals surface area contributed by atoms with E-state index in [4.69, 9.17) is 9.47 Å². The van der Waals surface area contributed by atoms with Crippen LogP contribution in [0.4, 0.5) is 0 Å². The molecule has 0 bridgehead atoms. The van der Waals surface area contributed by atoms with E-state index in [-0.39, 0.29) is 11.1 Å². The number of carbonyl (C=O) groups is 2. The molecule has 0 fully saturated rings. The van der Waals surface area contributed by atoms with Crippen LogP contribution in [0, 0.1) is 3.57 Å². The van der Waals surface area contributed by atoms with Crippen LogP contribution in [-0.2, 0) is 9.47 Å². The molecule has 31 heavy (non-hydrogen) atoms. The van der Waals surface area contributed by atoms with Gasteiger partial charge >= 0.3 is 11.9 Å². The highest BCUT2D eigenvalue weighted by molar-refractivity contribution is 14.1. The molecule has 0 spiro atoms. The maximum atomic E-state index is 13.1. The molecule has 0 aliphatic carbocycles. The molecule has 0 aliphatic heterocycles. The van der Waals surface area contributed by atoms with Crippen molar-refractivity contribution in [1.82, 2.24) is 0 Å². The Morgan fingerprint density at radius 1 is 0.613 bits per heavy atom. The van der Waals surface area contributed by atoms with Crippen molar-refractivity contribution in [3.8, 4) is 22.3 Å². The highest BCUT2D eigenvalue weighted by Crippen LogP contribution is 2.42. The topological polar surface area (TPSA) is 52.6 Å². The van der Waals surface area contributed by atoms with Gasteiger partial charge in [0.15, 0.2) is 0 Å². The summed E-state index contributed by atoms with van der Waals surface area (Å²) in [6.45, 7) is 0. The highest BCUT2D eigenvalue weighted by atomic mass is 127. The molecule has 4 rings (SSSR count). The van der Waals surface area contributed by atoms with Crippen molar-refractivity contribution in [2.24, 2.45) is 0 Å². The number of benzene rings is 4. The van der Waals surface area contributed by atoms with Gasteiger partial charge in [0, 0.05) is 14.7 Å². The second-order valence-corrected chi connectivity index (χ2v) is 8.15. The lowest BCUT2D eigenvalue weighted by molar-refractivity contribution is 0.0557. The van der Waals surface area contributed by atoms with E-state index in [2.05, 4.69) is 22.6 Å². The van der Waals surface area contributed by atoms with E-state index in [0.717, 1.165) is 25.5 Å². The zero-order valence-corrected chi connectivity index (χ0v) is 19.2. The minimum atomic E-state index is -0.586. The predicted molar refractivity (Wildman–Crippen MR) is 130 cm³/mol. The zero-order valence-electron chi connectivity index (χ0n) is 17.0. The van der Waals surface area contributed by atoms with Crippen LogP contribution in [0.25, 0.3) is 33.0 Å². The van der Waals surface area contributed by atoms with E-state index >= 15 is 0 Å². The van der Waals surface area contributed by atoms with E-state index in [0.29, 0.717) is 11.1 Å². The number of esters is 2. The number of ether oxygens (including phenoxy) is 2. The molecule has 0 amide bonds. The monoisotopic (exact) mass is 522 g/mol. The highest BCUT2D eigenvalue weighted by Gasteiger charge is 2.30.